The normalized spacial score (nSPS) is 22.5. The van der Waals surface area contributed by atoms with Gasteiger partial charge >= 0.3 is 6.03 Å². The largest absolute Gasteiger partial charge is 0.353 e. The SMILES string of the molecule is COC(OC)[C@@]1(c2ccc(Cl)cc2)NC(=O)NC1=O. The summed E-state index contributed by atoms with van der Waals surface area (Å²) in [5.41, 5.74) is -0.903. The Morgan fingerprint density at radius 3 is 2.16 bits per heavy atom. The molecule has 2 N–H and O–H groups in total. The van der Waals surface area contributed by atoms with Crippen LogP contribution in [0.5, 0.6) is 0 Å². The highest BCUT2D eigenvalue weighted by molar-refractivity contribution is 6.30. The van der Waals surface area contributed by atoms with E-state index >= 15 is 0 Å². The number of carbonyl (C=O) groups excluding carboxylic acids is 2. The van der Waals surface area contributed by atoms with E-state index in [9.17, 15) is 9.59 Å². The van der Waals surface area contributed by atoms with Gasteiger partial charge in [0.2, 0.25) is 0 Å². The topological polar surface area (TPSA) is 76.7 Å². The van der Waals surface area contributed by atoms with Crippen molar-refractivity contribution in [2.45, 2.75) is 11.8 Å². The minimum Gasteiger partial charge on any atom is -0.353 e. The number of hydrogen-bond donors (Lipinski definition) is 2. The third kappa shape index (κ3) is 2.18. The van der Waals surface area contributed by atoms with Crippen LogP contribution in [0.3, 0.4) is 0 Å². The second-order valence-corrected chi connectivity index (χ2v) is 4.46. The molecule has 0 radical (unpaired) electrons. The maximum Gasteiger partial charge on any atom is 0.322 e. The van der Waals surface area contributed by atoms with Gasteiger partial charge in [0.15, 0.2) is 11.8 Å². The van der Waals surface area contributed by atoms with Crippen molar-refractivity contribution < 1.29 is 19.1 Å². The summed E-state index contributed by atoms with van der Waals surface area (Å²) in [4.78, 5) is 23.6. The standard InChI is InChI=1S/C12H13ClN2O4/c1-18-10(19-2)12(9(16)14-11(17)15-12)7-3-5-8(13)6-4-7/h3-6,10H,1-2H3,(H2,14,15,16,17)/t12-/m0/s1. The highest BCUT2D eigenvalue weighted by Crippen LogP contribution is 2.31. The second-order valence-electron chi connectivity index (χ2n) is 4.03. The van der Waals surface area contributed by atoms with Gasteiger partial charge in [-0.05, 0) is 17.7 Å². The van der Waals surface area contributed by atoms with Gasteiger partial charge in [-0.25, -0.2) is 4.79 Å². The molecule has 102 valence electrons. The first-order chi connectivity index (χ1) is 9.04. The molecule has 1 aromatic rings. The molecule has 1 aliphatic heterocycles. The molecule has 1 saturated heterocycles. The quantitative estimate of drug-likeness (QED) is 0.639. The molecule has 0 bridgehead atoms. The summed E-state index contributed by atoms with van der Waals surface area (Å²) in [6.07, 6.45) is -0.958. The zero-order valence-corrected chi connectivity index (χ0v) is 11.2. The molecule has 0 saturated carbocycles. The number of rotatable bonds is 4. The van der Waals surface area contributed by atoms with E-state index in [0.717, 1.165) is 0 Å². The van der Waals surface area contributed by atoms with Gasteiger partial charge in [-0.2, -0.15) is 0 Å². The Kier molecular flexibility index (Phi) is 3.75. The number of carbonyl (C=O) groups is 2. The van der Waals surface area contributed by atoms with Crippen LogP contribution in [-0.4, -0.2) is 32.4 Å². The summed E-state index contributed by atoms with van der Waals surface area (Å²) in [5.74, 6) is -0.534. The van der Waals surface area contributed by atoms with Crippen molar-refractivity contribution >= 4 is 23.5 Å². The summed E-state index contributed by atoms with van der Waals surface area (Å²) in [5, 5.41) is 5.27. The van der Waals surface area contributed by atoms with Crippen LogP contribution in [-0.2, 0) is 19.8 Å². The predicted molar refractivity (Wildman–Crippen MR) is 67.6 cm³/mol. The van der Waals surface area contributed by atoms with Crippen molar-refractivity contribution in [3.05, 3.63) is 34.9 Å². The molecule has 1 fully saturated rings. The molecular weight excluding hydrogens is 272 g/mol. The van der Waals surface area contributed by atoms with E-state index in [-0.39, 0.29) is 0 Å². The smallest absolute Gasteiger partial charge is 0.322 e. The molecule has 1 atom stereocenters. The minimum atomic E-state index is -1.43. The van der Waals surface area contributed by atoms with E-state index in [2.05, 4.69) is 10.6 Å². The van der Waals surface area contributed by atoms with Crippen molar-refractivity contribution in [2.24, 2.45) is 0 Å². The number of nitrogens with one attached hydrogen (secondary N) is 2. The lowest BCUT2D eigenvalue weighted by molar-refractivity contribution is -0.166. The molecular formula is C12H13ClN2O4. The van der Waals surface area contributed by atoms with Crippen molar-refractivity contribution in [1.29, 1.82) is 0 Å². The fourth-order valence-corrected chi connectivity index (χ4v) is 2.26. The lowest BCUT2D eigenvalue weighted by atomic mass is 9.89. The van der Waals surface area contributed by atoms with E-state index < -0.39 is 23.8 Å². The fourth-order valence-electron chi connectivity index (χ4n) is 2.14. The van der Waals surface area contributed by atoms with Crippen LogP contribution in [0.15, 0.2) is 24.3 Å². The van der Waals surface area contributed by atoms with Gasteiger partial charge in [0.25, 0.3) is 5.91 Å². The van der Waals surface area contributed by atoms with Crippen molar-refractivity contribution in [1.82, 2.24) is 10.6 Å². The maximum atomic E-state index is 12.2. The summed E-state index contributed by atoms with van der Waals surface area (Å²) in [6.45, 7) is 0. The highest BCUT2D eigenvalue weighted by atomic mass is 35.5. The number of hydrogen-bond acceptors (Lipinski definition) is 4. The van der Waals surface area contributed by atoms with E-state index in [1.165, 1.54) is 14.2 Å². The summed E-state index contributed by atoms with van der Waals surface area (Å²) in [7, 11) is 2.78. The van der Waals surface area contributed by atoms with Gasteiger partial charge in [0.05, 0.1) is 0 Å². The van der Waals surface area contributed by atoms with E-state index in [4.69, 9.17) is 21.1 Å². The van der Waals surface area contributed by atoms with Gasteiger partial charge in [-0.3, -0.25) is 10.1 Å². The molecule has 19 heavy (non-hydrogen) atoms. The monoisotopic (exact) mass is 284 g/mol. The average molecular weight is 285 g/mol. The number of methoxy groups -OCH3 is 2. The number of ether oxygens (including phenoxy) is 2. The molecule has 6 nitrogen and oxygen atoms in total. The van der Waals surface area contributed by atoms with Crippen LogP contribution in [0.2, 0.25) is 5.02 Å². The predicted octanol–water partition coefficient (Wildman–Crippen LogP) is 0.994. The highest BCUT2D eigenvalue weighted by Gasteiger charge is 2.54. The van der Waals surface area contributed by atoms with Gasteiger partial charge in [0.1, 0.15) is 0 Å². The molecule has 0 aliphatic carbocycles. The third-order valence-corrected chi connectivity index (χ3v) is 3.23. The molecule has 1 aliphatic rings. The molecule has 3 amide bonds. The number of amides is 3. The molecule has 0 spiro atoms. The van der Waals surface area contributed by atoms with Gasteiger partial charge in [-0.15, -0.1) is 0 Å². The van der Waals surface area contributed by atoms with E-state index in [1.807, 2.05) is 0 Å². The Balaban J connectivity index is 2.54. The average Bonchev–Trinajstić information content (AvgIpc) is 2.68. The first kappa shape index (κ1) is 13.8. The summed E-state index contributed by atoms with van der Waals surface area (Å²) in [6, 6.07) is 5.92. The van der Waals surface area contributed by atoms with Crippen molar-refractivity contribution in [3.63, 3.8) is 0 Å². The maximum absolute atomic E-state index is 12.2. The molecule has 1 aromatic carbocycles. The number of benzene rings is 1. The number of imide groups is 1. The summed E-state index contributed by atoms with van der Waals surface area (Å²) >= 11 is 5.83. The lowest BCUT2D eigenvalue weighted by Gasteiger charge is -2.32. The van der Waals surface area contributed by atoms with Crippen LogP contribution in [0.25, 0.3) is 0 Å². The minimum absolute atomic E-state index is 0.522. The van der Waals surface area contributed by atoms with Gasteiger partial charge in [-0.1, -0.05) is 23.7 Å². The van der Waals surface area contributed by atoms with Gasteiger partial charge < -0.3 is 14.8 Å². The number of halogens is 1. The van der Waals surface area contributed by atoms with Crippen LogP contribution < -0.4 is 10.6 Å². The van der Waals surface area contributed by atoms with Crippen LogP contribution in [0.4, 0.5) is 4.79 Å². The van der Waals surface area contributed by atoms with Crippen molar-refractivity contribution in [3.8, 4) is 0 Å². The lowest BCUT2D eigenvalue weighted by Crippen LogP contribution is -2.54. The first-order valence-electron chi connectivity index (χ1n) is 5.50. The third-order valence-electron chi connectivity index (χ3n) is 2.98. The molecule has 0 aromatic heterocycles. The zero-order chi connectivity index (χ0) is 14.0. The van der Waals surface area contributed by atoms with Crippen LogP contribution in [0, 0.1) is 0 Å². The number of urea groups is 1. The molecule has 2 rings (SSSR count). The van der Waals surface area contributed by atoms with Crippen LogP contribution in [0.1, 0.15) is 5.56 Å². The Bertz CT molecular complexity index is 501. The Morgan fingerprint density at radius 1 is 1.16 bits per heavy atom. The Morgan fingerprint density at radius 2 is 1.74 bits per heavy atom. The van der Waals surface area contributed by atoms with E-state index in [0.29, 0.717) is 10.6 Å². The van der Waals surface area contributed by atoms with Crippen molar-refractivity contribution in [2.75, 3.05) is 14.2 Å². The second kappa shape index (κ2) is 5.16. The Labute approximate surface area is 115 Å². The summed E-state index contributed by atoms with van der Waals surface area (Å²) < 4.78 is 10.3. The zero-order valence-electron chi connectivity index (χ0n) is 10.4. The fraction of sp³-hybridized carbons (Fsp3) is 0.333. The Hall–Kier alpha value is -1.63. The molecule has 7 heteroatoms. The first-order valence-corrected chi connectivity index (χ1v) is 5.87. The van der Waals surface area contributed by atoms with E-state index in [1.54, 1.807) is 24.3 Å². The molecule has 1 heterocycles. The molecule has 0 unspecified atom stereocenters. The van der Waals surface area contributed by atoms with Gasteiger partial charge in [0, 0.05) is 19.2 Å². The van der Waals surface area contributed by atoms with Crippen LogP contribution >= 0.6 is 11.6 Å².